The molecule has 0 amide bonds. The van der Waals surface area contributed by atoms with E-state index in [0.29, 0.717) is 29.7 Å². The quantitative estimate of drug-likeness (QED) is 0.894. The van der Waals surface area contributed by atoms with Crippen LogP contribution in [0, 0.1) is 11.3 Å². The summed E-state index contributed by atoms with van der Waals surface area (Å²) in [5, 5.41) is 19.4. The molecule has 2 unspecified atom stereocenters. The van der Waals surface area contributed by atoms with E-state index in [2.05, 4.69) is 6.07 Å². The van der Waals surface area contributed by atoms with Crippen molar-refractivity contribution in [3.8, 4) is 11.8 Å². The molecule has 1 N–H and O–H groups in total. The molecule has 0 spiro atoms. The summed E-state index contributed by atoms with van der Waals surface area (Å²) in [7, 11) is -1.65. The lowest BCUT2D eigenvalue weighted by Crippen LogP contribution is -2.43. The molecule has 2 atom stereocenters. The molecular weight excluding hydrogens is 290 g/mol. The molecule has 1 aromatic carbocycles. The summed E-state index contributed by atoms with van der Waals surface area (Å²) in [5.41, 5.74) is -0.492. The van der Waals surface area contributed by atoms with Crippen molar-refractivity contribution in [1.29, 1.82) is 5.26 Å². The Morgan fingerprint density at radius 2 is 1.95 bits per heavy atom. The van der Waals surface area contributed by atoms with Crippen LogP contribution in [0.3, 0.4) is 0 Å². The third-order valence-electron chi connectivity index (χ3n) is 4.73. The first-order chi connectivity index (χ1) is 9.92. The number of nitrogens with zero attached hydrogens (tertiary/aromatic N) is 1. The van der Waals surface area contributed by atoms with Crippen LogP contribution in [0.25, 0.3) is 0 Å². The smallest absolute Gasteiger partial charge is 0.156 e. The second-order valence-electron chi connectivity index (χ2n) is 5.84. The molecular formula is C15H17NO4S. The van der Waals surface area contributed by atoms with Crippen molar-refractivity contribution in [2.75, 3.05) is 7.11 Å². The minimum Gasteiger partial charge on any atom is -0.495 e. The third kappa shape index (κ3) is 2.03. The third-order valence-corrected chi connectivity index (χ3v) is 7.39. The van der Waals surface area contributed by atoms with Crippen LogP contribution in [0.15, 0.2) is 18.2 Å². The molecule has 2 aliphatic rings. The number of rotatable bonds is 2. The first-order valence-corrected chi connectivity index (χ1v) is 8.56. The van der Waals surface area contributed by atoms with Crippen molar-refractivity contribution in [3.63, 3.8) is 0 Å². The fourth-order valence-electron chi connectivity index (χ4n) is 3.67. The molecule has 2 fully saturated rings. The highest BCUT2D eigenvalue weighted by atomic mass is 32.2. The van der Waals surface area contributed by atoms with Crippen molar-refractivity contribution < 1.29 is 18.3 Å². The SMILES string of the molecule is COc1cccc(C2(O)CC3CCC(C2)S3(=O)=O)c1C#N. The Bertz CT molecular complexity index is 700. The molecule has 0 aromatic heterocycles. The number of benzene rings is 1. The van der Waals surface area contributed by atoms with Gasteiger partial charge in [-0.2, -0.15) is 5.26 Å². The average molecular weight is 307 g/mol. The van der Waals surface area contributed by atoms with Crippen LogP contribution in [-0.4, -0.2) is 31.1 Å². The van der Waals surface area contributed by atoms with E-state index in [9.17, 15) is 18.8 Å². The van der Waals surface area contributed by atoms with Gasteiger partial charge < -0.3 is 9.84 Å². The second-order valence-corrected chi connectivity index (χ2v) is 8.36. The van der Waals surface area contributed by atoms with Gasteiger partial charge in [0.25, 0.3) is 0 Å². The Morgan fingerprint density at radius 1 is 1.33 bits per heavy atom. The largest absolute Gasteiger partial charge is 0.495 e. The molecule has 0 aliphatic carbocycles. The summed E-state index contributed by atoms with van der Waals surface area (Å²) in [6, 6.07) is 7.15. The van der Waals surface area contributed by atoms with Crippen LogP contribution in [0.5, 0.6) is 5.75 Å². The lowest BCUT2D eigenvalue weighted by atomic mass is 9.83. The van der Waals surface area contributed by atoms with Crippen molar-refractivity contribution in [2.45, 2.75) is 41.8 Å². The standard InChI is InChI=1S/C15H17NO4S/c1-20-14-4-2-3-13(12(14)9-16)15(17)7-10-5-6-11(8-15)21(10,18)19/h2-4,10-11,17H,5-8H2,1H3. The Morgan fingerprint density at radius 3 is 2.48 bits per heavy atom. The minimum absolute atomic E-state index is 0.160. The molecule has 21 heavy (non-hydrogen) atoms. The van der Waals surface area contributed by atoms with Gasteiger partial charge in [0.15, 0.2) is 9.84 Å². The van der Waals surface area contributed by atoms with E-state index in [1.807, 2.05) is 0 Å². The Hall–Kier alpha value is -1.58. The van der Waals surface area contributed by atoms with Gasteiger partial charge >= 0.3 is 0 Å². The first kappa shape index (κ1) is 14.4. The maximum atomic E-state index is 12.2. The van der Waals surface area contributed by atoms with E-state index < -0.39 is 25.9 Å². The zero-order valence-corrected chi connectivity index (χ0v) is 12.6. The molecule has 2 saturated heterocycles. The number of sulfone groups is 1. The Labute approximate surface area is 124 Å². The lowest BCUT2D eigenvalue weighted by Gasteiger charge is -2.37. The highest BCUT2D eigenvalue weighted by molar-refractivity contribution is 7.93. The summed E-state index contributed by atoms with van der Waals surface area (Å²) < 4.78 is 29.5. The predicted molar refractivity (Wildman–Crippen MR) is 76.6 cm³/mol. The highest BCUT2D eigenvalue weighted by Gasteiger charge is 2.53. The van der Waals surface area contributed by atoms with E-state index >= 15 is 0 Å². The van der Waals surface area contributed by atoms with E-state index in [4.69, 9.17) is 4.74 Å². The molecule has 0 radical (unpaired) electrons. The van der Waals surface area contributed by atoms with Gasteiger partial charge in [-0.05, 0) is 31.7 Å². The highest BCUT2D eigenvalue weighted by Crippen LogP contribution is 2.48. The molecule has 2 bridgehead atoms. The van der Waals surface area contributed by atoms with Crippen molar-refractivity contribution in [1.82, 2.24) is 0 Å². The van der Waals surface area contributed by atoms with E-state index in [-0.39, 0.29) is 12.8 Å². The van der Waals surface area contributed by atoms with Crippen LogP contribution in [0.1, 0.15) is 36.8 Å². The molecule has 5 nitrogen and oxygen atoms in total. The summed E-state index contributed by atoms with van der Waals surface area (Å²) in [6.45, 7) is 0. The number of hydrogen-bond acceptors (Lipinski definition) is 5. The maximum Gasteiger partial charge on any atom is 0.156 e. The lowest BCUT2D eigenvalue weighted by molar-refractivity contribution is 0.0169. The fraction of sp³-hybridized carbons (Fsp3) is 0.533. The molecule has 3 rings (SSSR count). The minimum atomic E-state index is -3.12. The van der Waals surface area contributed by atoms with E-state index in [1.54, 1.807) is 18.2 Å². The Kier molecular flexibility index (Phi) is 3.23. The van der Waals surface area contributed by atoms with Crippen LogP contribution in [0.4, 0.5) is 0 Å². The van der Waals surface area contributed by atoms with E-state index in [0.717, 1.165) is 0 Å². The summed E-state index contributed by atoms with van der Waals surface area (Å²) in [6.07, 6.45) is 1.52. The number of methoxy groups -OCH3 is 1. The number of ether oxygens (including phenoxy) is 1. The Balaban J connectivity index is 2.08. The number of hydrogen-bond donors (Lipinski definition) is 1. The van der Waals surface area contributed by atoms with Gasteiger partial charge in [0, 0.05) is 5.56 Å². The molecule has 2 aliphatic heterocycles. The van der Waals surface area contributed by atoms with Gasteiger partial charge in [-0.25, -0.2) is 8.42 Å². The summed E-state index contributed by atoms with van der Waals surface area (Å²) >= 11 is 0. The van der Waals surface area contributed by atoms with E-state index in [1.165, 1.54) is 7.11 Å². The van der Waals surface area contributed by atoms with Crippen LogP contribution >= 0.6 is 0 Å². The molecule has 2 heterocycles. The van der Waals surface area contributed by atoms with Crippen LogP contribution < -0.4 is 4.74 Å². The topological polar surface area (TPSA) is 87.4 Å². The number of aliphatic hydroxyl groups is 1. The zero-order valence-electron chi connectivity index (χ0n) is 11.7. The maximum absolute atomic E-state index is 12.2. The van der Waals surface area contributed by atoms with Gasteiger partial charge in [0.1, 0.15) is 17.4 Å². The zero-order chi connectivity index (χ0) is 15.3. The molecule has 112 valence electrons. The number of fused-ring (bicyclic) bond motifs is 2. The average Bonchev–Trinajstić information content (AvgIpc) is 2.66. The normalized spacial score (nSPS) is 33.4. The van der Waals surface area contributed by atoms with Gasteiger partial charge in [0.05, 0.1) is 23.2 Å². The number of nitriles is 1. The van der Waals surface area contributed by atoms with Gasteiger partial charge in [-0.1, -0.05) is 12.1 Å². The van der Waals surface area contributed by atoms with Crippen molar-refractivity contribution >= 4 is 9.84 Å². The fourth-order valence-corrected chi connectivity index (χ4v) is 6.16. The van der Waals surface area contributed by atoms with Crippen molar-refractivity contribution in [3.05, 3.63) is 29.3 Å². The molecule has 1 aromatic rings. The monoisotopic (exact) mass is 307 g/mol. The predicted octanol–water partition coefficient (Wildman–Crippen LogP) is 1.49. The second kappa shape index (κ2) is 4.72. The summed E-state index contributed by atoms with van der Waals surface area (Å²) in [4.78, 5) is 0. The van der Waals surface area contributed by atoms with Crippen molar-refractivity contribution in [2.24, 2.45) is 0 Å². The van der Waals surface area contributed by atoms with Crippen LogP contribution in [-0.2, 0) is 15.4 Å². The van der Waals surface area contributed by atoms with Crippen LogP contribution in [0.2, 0.25) is 0 Å². The molecule has 0 saturated carbocycles. The van der Waals surface area contributed by atoms with Gasteiger partial charge in [0.2, 0.25) is 0 Å². The molecule has 6 heteroatoms. The van der Waals surface area contributed by atoms with Gasteiger partial charge in [-0.15, -0.1) is 0 Å². The summed E-state index contributed by atoms with van der Waals surface area (Å²) in [5.74, 6) is 0.407. The van der Waals surface area contributed by atoms with Gasteiger partial charge in [-0.3, -0.25) is 0 Å². The first-order valence-electron chi connectivity index (χ1n) is 6.95.